The summed E-state index contributed by atoms with van der Waals surface area (Å²) in [6.45, 7) is 0.509. The van der Waals surface area contributed by atoms with Crippen molar-refractivity contribution >= 4 is 31.2 Å². The molecule has 0 heterocycles. The number of nitrogens with zero attached hydrogens (tertiary/aromatic N) is 1. The number of hydrogen-bond acceptors (Lipinski definition) is 5. The first-order valence-corrected chi connectivity index (χ1v) is 12.5. The highest BCUT2D eigenvalue weighted by Gasteiger charge is 2.51. The Balaban J connectivity index is 2.14. The average Bonchev–Trinajstić information content (AvgIpc) is 2.73. The predicted molar refractivity (Wildman–Crippen MR) is 118 cm³/mol. The van der Waals surface area contributed by atoms with E-state index < -0.39 is 15.3 Å². The fourth-order valence-electron chi connectivity index (χ4n) is 3.01. The minimum Gasteiger partial charge on any atom is -0.754 e. The van der Waals surface area contributed by atoms with Crippen molar-refractivity contribution in [1.82, 2.24) is 4.90 Å². The molecule has 5 nitrogen and oxygen atoms in total. The molecule has 1 unspecified atom stereocenters. The molecule has 0 spiro atoms. The van der Waals surface area contributed by atoms with Gasteiger partial charge in [-0.3, -0.25) is 4.57 Å². The molecule has 0 aliphatic rings. The maximum atomic E-state index is 12.9. The highest BCUT2D eigenvalue weighted by atomic mass is 31.3. The first-order valence-electron chi connectivity index (χ1n) is 9.32. The summed E-state index contributed by atoms with van der Waals surface area (Å²) in [5, 5.41) is 2.43. The molecule has 3 aromatic carbocycles. The lowest BCUT2D eigenvalue weighted by Gasteiger charge is -2.31. The summed E-state index contributed by atoms with van der Waals surface area (Å²) in [6.07, 6.45) is 0. The number of phosphoric ester groups is 1. The molecule has 0 aromatic heterocycles. The summed E-state index contributed by atoms with van der Waals surface area (Å²) in [7, 11) is -3.83. The van der Waals surface area contributed by atoms with Crippen molar-refractivity contribution in [3.63, 3.8) is 0 Å². The molecule has 1 atom stereocenters. The van der Waals surface area contributed by atoms with Crippen LogP contribution in [0.2, 0.25) is 0 Å². The zero-order chi connectivity index (χ0) is 20.7. The Kier molecular flexibility index (Phi) is 7.37. The minimum absolute atomic E-state index is 0.0339. The normalized spacial score (nSPS) is 13.9. The van der Waals surface area contributed by atoms with E-state index in [1.54, 1.807) is 0 Å². The van der Waals surface area contributed by atoms with E-state index in [-0.39, 0.29) is 6.61 Å². The molecule has 29 heavy (non-hydrogen) atoms. The number of phosphoric acid groups is 1. The molecular formula is C22H25NO4P2. The zero-order valence-electron chi connectivity index (χ0n) is 16.5. The Hall–Kier alpha value is -1.84. The topological polar surface area (TPSA) is 61.8 Å². The van der Waals surface area contributed by atoms with Gasteiger partial charge < -0.3 is 14.3 Å². The molecule has 0 aliphatic heterocycles. The molecule has 0 N–H and O–H groups in total. The Morgan fingerprint density at radius 1 is 0.793 bits per heavy atom. The van der Waals surface area contributed by atoms with Crippen LogP contribution in [0.25, 0.3) is 0 Å². The predicted octanol–water partition coefficient (Wildman–Crippen LogP) is 2.96. The number of rotatable bonds is 9. The summed E-state index contributed by atoms with van der Waals surface area (Å²) in [5.74, 6) is 0. The standard InChI is InChI=1S/C22H25NO4P2/c1-23(2)18-19-26-29(24,25)27-28(20-12-6-3-7-13-20,21-14-8-4-9-15-21)22-16-10-5-11-17-22/h3-17H,18-19H2,1-2H3. The van der Waals surface area contributed by atoms with E-state index in [0.29, 0.717) is 6.54 Å². The maximum absolute atomic E-state index is 12.9. The Labute approximate surface area is 173 Å². The molecular weight excluding hydrogens is 404 g/mol. The van der Waals surface area contributed by atoms with Crippen LogP contribution in [0.15, 0.2) is 91.0 Å². The second kappa shape index (κ2) is 9.77. The van der Waals surface area contributed by atoms with E-state index in [4.69, 9.17) is 8.83 Å². The summed E-state index contributed by atoms with van der Waals surface area (Å²) in [6, 6.07) is 28.5. The van der Waals surface area contributed by atoms with Crippen LogP contribution in [-0.2, 0) is 13.4 Å². The monoisotopic (exact) mass is 429 g/mol. The quantitative estimate of drug-likeness (QED) is 0.490. The van der Waals surface area contributed by atoms with Gasteiger partial charge in [0.05, 0.1) is 6.61 Å². The van der Waals surface area contributed by atoms with Gasteiger partial charge >= 0.3 is 7.82 Å². The van der Waals surface area contributed by atoms with E-state index in [1.807, 2.05) is 110 Å². The van der Waals surface area contributed by atoms with E-state index in [1.165, 1.54) is 0 Å². The van der Waals surface area contributed by atoms with Gasteiger partial charge in [-0.25, -0.2) is 0 Å². The fraction of sp³-hybridized carbons (Fsp3) is 0.182. The largest absolute Gasteiger partial charge is 0.754 e. The number of likely N-dealkylation sites (N-methyl/N-ethyl adjacent to an activating group) is 1. The molecule has 0 aliphatic carbocycles. The SMILES string of the molecule is CN(C)CCOP(=O)([O-])O[P+](c1ccccc1)(c1ccccc1)c1ccccc1. The van der Waals surface area contributed by atoms with Gasteiger partial charge in [0, 0.05) is 6.54 Å². The highest BCUT2D eigenvalue weighted by Crippen LogP contribution is 2.66. The van der Waals surface area contributed by atoms with Gasteiger partial charge in [-0.2, -0.15) is 4.31 Å². The summed E-state index contributed by atoms with van der Waals surface area (Å²) < 4.78 is 24.2. The van der Waals surface area contributed by atoms with Crippen molar-refractivity contribution in [2.24, 2.45) is 0 Å². The van der Waals surface area contributed by atoms with Crippen LogP contribution in [0.5, 0.6) is 0 Å². The molecule has 7 heteroatoms. The molecule has 3 rings (SSSR count). The van der Waals surface area contributed by atoms with Crippen molar-refractivity contribution in [3.05, 3.63) is 91.0 Å². The lowest BCUT2D eigenvalue weighted by atomic mass is 10.4. The van der Waals surface area contributed by atoms with E-state index >= 15 is 0 Å². The van der Waals surface area contributed by atoms with Crippen molar-refractivity contribution < 1.29 is 18.3 Å². The smallest absolute Gasteiger partial charge is 0.308 e. The van der Waals surface area contributed by atoms with Crippen molar-refractivity contribution in [1.29, 1.82) is 0 Å². The highest BCUT2D eigenvalue weighted by molar-refractivity contribution is 7.94. The van der Waals surface area contributed by atoms with Crippen molar-refractivity contribution in [2.45, 2.75) is 0 Å². The van der Waals surface area contributed by atoms with Crippen LogP contribution in [0.3, 0.4) is 0 Å². The Morgan fingerprint density at radius 3 is 1.52 bits per heavy atom. The first-order chi connectivity index (χ1) is 13.9. The third-order valence-electron chi connectivity index (χ3n) is 4.37. The van der Waals surface area contributed by atoms with Crippen LogP contribution < -0.4 is 20.8 Å². The van der Waals surface area contributed by atoms with E-state index in [0.717, 1.165) is 15.9 Å². The molecule has 0 saturated carbocycles. The van der Waals surface area contributed by atoms with Crippen LogP contribution in [0, 0.1) is 0 Å². The van der Waals surface area contributed by atoms with Crippen LogP contribution in [0.1, 0.15) is 0 Å². The van der Waals surface area contributed by atoms with Crippen LogP contribution in [-0.4, -0.2) is 32.1 Å². The summed E-state index contributed by atoms with van der Waals surface area (Å²) >= 11 is 0. The first kappa shape index (κ1) is 21.9. The Bertz CT molecular complexity index is 840. The number of hydrogen-bond donors (Lipinski definition) is 0. The molecule has 0 fully saturated rings. The third-order valence-corrected chi connectivity index (χ3v) is 9.72. The average molecular weight is 429 g/mol. The molecule has 0 amide bonds. The summed E-state index contributed by atoms with van der Waals surface area (Å²) in [4.78, 5) is 14.8. The van der Waals surface area contributed by atoms with Gasteiger partial charge in [0.15, 0.2) is 0 Å². The van der Waals surface area contributed by atoms with Gasteiger partial charge in [0.1, 0.15) is 15.9 Å². The second-order valence-electron chi connectivity index (χ2n) is 6.78. The third kappa shape index (κ3) is 5.40. The van der Waals surface area contributed by atoms with E-state index in [2.05, 4.69) is 0 Å². The van der Waals surface area contributed by atoms with Crippen LogP contribution >= 0.6 is 15.3 Å². The number of benzene rings is 3. The summed E-state index contributed by atoms with van der Waals surface area (Å²) in [5.41, 5.74) is 0. The van der Waals surface area contributed by atoms with Crippen molar-refractivity contribution in [3.8, 4) is 0 Å². The van der Waals surface area contributed by atoms with Gasteiger partial charge in [0.25, 0.3) is 7.49 Å². The zero-order valence-corrected chi connectivity index (χ0v) is 18.3. The second-order valence-corrected chi connectivity index (χ2v) is 11.4. The molecule has 0 bridgehead atoms. The minimum atomic E-state index is -4.59. The van der Waals surface area contributed by atoms with Gasteiger partial charge in [-0.1, -0.05) is 54.6 Å². The fourth-order valence-corrected chi connectivity index (χ4v) is 8.51. The molecule has 3 aromatic rings. The van der Waals surface area contributed by atoms with E-state index in [9.17, 15) is 9.46 Å². The maximum Gasteiger partial charge on any atom is 0.308 e. The van der Waals surface area contributed by atoms with Gasteiger partial charge in [-0.05, 0) is 50.5 Å². The molecule has 152 valence electrons. The molecule has 0 saturated heterocycles. The van der Waals surface area contributed by atoms with Gasteiger partial charge in [0.2, 0.25) is 0 Å². The van der Waals surface area contributed by atoms with Gasteiger partial charge in [-0.15, -0.1) is 0 Å². The Morgan fingerprint density at radius 2 is 1.17 bits per heavy atom. The lowest BCUT2D eigenvalue weighted by molar-refractivity contribution is -0.216. The van der Waals surface area contributed by atoms with Crippen LogP contribution in [0.4, 0.5) is 0 Å². The van der Waals surface area contributed by atoms with Crippen molar-refractivity contribution in [2.75, 3.05) is 27.2 Å². The lowest BCUT2D eigenvalue weighted by Crippen LogP contribution is -2.33. The molecule has 0 radical (unpaired) electrons.